The number of pyridine rings is 2. The molecule has 4 aromatic rings. The summed E-state index contributed by atoms with van der Waals surface area (Å²) in [6.07, 6.45) is 6.34. The van der Waals surface area contributed by atoms with Gasteiger partial charge < -0.3 is 15.2 Å². The fraction of sp³-hybridized carbons (Fsp3) is 0.290. The first kappa shape index (κ1) is 28.7. The average molecular weight is 665 g/mol. The molecule has 1 aromatic carbocycles. The molecule has 1 saturated heterocycles. The highest BCUT2D eigenvalue weighted by Crippen LogP contribution is 2.30. The van der Waals surface area contributed by atoms with Crippen LogP contribution in [0.15, 0.2) is 66.2 Å². The number of aromatic nitrogens is 3. The van der Waals surface area contributed by atoms with Crippen molar-refractivity contribution in [2.45, 2.75) is 33.2 Å². The molecule has 0 bridgehead atoms. The maximum atomic E-state index is 13.6. The number of nitrogens with one attached hydrogen (secondary N) is 2. The van der Waals surface area contributed by atoms with Crippen molar-refractivity contribution >= 4 is 51.4 Å². The van der Waals surface area contributed by atoms with E-state index in [1.807, 2.05) is 37.3 Å². The van der Waals surface area contributed by atoms with E-state index in [2.05, 4.69) is 54.7 Å². The Morgan fingerprint density at radius 2 is 1.90 bits per heavy atom. The Hall–Kier alpha value is -3.77. The summed E-state index contributed by atoms with van der Waals surface area (Å²) in [6.45, 7) is 11.4. The zero-order valence-corrected chi connectivity index (χ0v) is 25.4. The number of aryl methyl sites for hydroxylation is 2. The number of halogens is 1. The van der Waals surface area contributed by atoms with E-state index in [1.165, 1.54) is 10.6 Å². The van der Waals surface area contributed by atoms with Crippen LogP contribution >= 0.6 is 22.9 Å². The average Bonchev–Trinajstić information content (AvgIpc) is 3.40. The van der Waals surface area contributed by atoms with Crippen LogP contribution in [0.3, 0.4) is 0 Å². The molecule has 0 spiro atoms. The Bertz CT molecular complexity index is 1670. The minimum absolute atomic E-state index is 0.0997. The van der Waals surface area contributed by atoms with E-state index < -0.39 is 0 Å². The molecule has 4 heterocycles. The molecule has 9 nitrogen and oxygen atoms in total. The fourth-order valence-electron chi connectivity index (χ4n) is 5.28. The van der Waals surface area contributed by atoms with Gasteiger partial charge in [0.05, 0.1) is 5.52 Å². The first-order chi connectivity index (χ1) is 19.8. The Morgan fingerprint density at radius 1 is 1.12 bits per heavy atom. The predicted molar refractivity (Wildman–Crippen MR) is 171 cm³/mol. The van der Waals surface area contributed by atoms with Crippen molar-refractivity contribution in [2.75, 3.05) is 31.1 Å². The van der Waals surface area contributed by atoms with Crippen LogP contribution in [0.5, 0.6) is 0 Å². The predicted octanol–water partition coefficient (Wildman–Crippen LogP) is 4.88. The van der Waals surface area contributed by atoms with E-state index in [-0.39, 0.29) is 23.9 Å². The zero-order valence-electron chi connectivity index (χ0n) is 23.2. The molecule has 1 aliphatic rings. The van der Waals surface area contributed by atoms with Gasteiger partial charge in [0.2, 0.25) is 0 Å². The third-order valence-corrected chi connectivity index (χ3v) is 8.37. The van der Waals surface area contributed by atoms with Crippen LogP contribution in [0.1, 0.15) is 45.3 Å². The largest absolute Gasteiger partial charge is 0.354 e. The third kappa shape index (κ3) is 6.13. The van der Waals surface area contributed by atoms with Crippen molar-refractivity contribution in [3.8, 4) is 11.1 Å². The zero-order chi connectivity index (χ0) is 29.1. The SMILES string of the molecule is C=CC(=O)n1ccc2c(C(=O)NCc3c(CCC)cc(C)[nH]c3=O)cc(-c3ccc(N4CCN(I)CC4)nc3)cc21. The number of aromatic amines is 1. The lowest BCUT2D eigenvalue weighted by Crippen LogP contribution is -2.42. The molecular weight excluding hydrogens is 631 g/mol. The number of nitrogens with zero attached hydrogens (tertiary/aromatic N) is 4. The third-order valence-electron chi connectivity index (χ3n) is 7.40. The van der Waals surface area contributed by atoms with Crippen molar-refractivity contribution in [3.05, 3.63) is 94.2 Å². The van der Waals surface area contributed by atoms with Gasteiger partial charge in [0.15, 0.2) is 0 Å². The van der Waals surface area contributed by atoms with E-state index in [1.54, 1.807) is 18.5 Å². The minimum Gasteiger partial charge on any atom is -0.354 e. The second kappa shape index (κ2) is 12.4. The number of amides is 1. The van der Waals surface area contributed by atoms with Gasteiger partial charge in [-0.25, -0.2) is 8.10 Å². The standard InChI is InChI=1S/C31H33IN6O3/c1-4-6-21-15-20(3)35-31(41)26(21)19-34-30(40)25-16-23(17-27-24(25)9-10-38(27)29(39)5-2)22-7-8-28(33-18-22)36-11-13-37(32)14-12-36/h5,7-10,15-18H,2,4,6,11-14,19H2,1,3H3,(H,34,40)(H,35,41). The quantitative estimate of drug-likeness (QED) is 0.158. The monoisotopic (exact) mass is 664 g/mol. The van der Waals surface area contributed by atoms with Crippen molar-refractivity contribution in [2.24, 2.45) is 0 Å². The summed E-state index contributed by atoms with van der Waals surface area (Å²) in [5.41, 5.74) is 4.69. The maximum Gasteiger partial charge on any atom is 0.254 e. The van der Waals surface area contributed by atoms with Crippen molar-refractivity contribution in [1.82, 2.24) is 23.0 Å². The number of piperazine rings is 1. The normalized spacial score (nSPS) is 13.9. The van der Waals surface area contributed by atoms with Gasteiger partial charge in [-0.05, 0) is 66.9 Å². The molecule has 1 fully saturated rings. The van der Waals surface area contributed by atoms with Crippen LogP contribution in [0.25, 0.3) is 22.0 Å². The Kier molecular flexibility index (Phi) is 8.69. The number of anilines is 1. The van der Waals surface area contributed by atoms with Crippen LogP contribution in [0.2, 0.25) is 0 Å². The summed E-state index contributed by atoms with van der Waals surface area (Å²) >= 11 is 2.34. The number of hydrogen-bond acceptors (Lipinski definition) is 6. The lowest BCUT2D eigenvalue weighted by Gasteiger charge is -2.32. The molecule has 0 saturated carbocycles. The highest BCUT2D eigenvalue weighted by molar-refractivity contribution is 14.1. The molecular formula is C31H33IN6O3. The molecule has 0 unspecified atom stereocenters. The van der Waals surface area contributed by atoms with E-state index in [9.17, 15) is 14.4 Å². The van der Waals surface area contributed by atoms with Crippen molar-refractivity contribution < 1.29 is 9.59 Å². The molecule has 0 atom stereocenters. The number of allylic oxidation sites excluding steroid dienone is 1. The summed E-state index contributed by atoms with van der Waals surface area (Å²) in [5, 5.41) is 3.59. The molecule has 41 heavy (non-hydrogen) atoms. The molecule has 2 N–H and O–H groups in total. The van der Waals surface area contributed by atoms with Gasteiger partial charge in [-0.15, -0.1) is 0 Å². The Morgan fingerprint density at radius 3 is 2.59 bits per heavy atom. The number of benzene rings is 1. The number of hydrogen-bond donors (Lipinski definition) is 2. The number of H-pyrrole nitrogens is 1. The van der Waals surface area contributed by atoms with E-state index in [4.69, 9.17) is 4.98 Å². The highest BCUT2D eigenvalue weighted by Gasteiger charge is 2.20. The molecule has 5 rings (SSSR count). The smallest absolute Gasteiger partial charge is 0.254 e. The second-order valence-corrected chi connectivity index (χ2v) is 11.6. The summed E-state index contributed by atoms with van der Waals surface area (Å²) in [7, 11) is 0. The van der Waals surface area contributed by atoms with Gasteiger partial charge in [0.1, 0.15) is 5.82 Å². The number of carbonyl (C=O) groups is 2. The second-order valence-electron chi connectivity index (χ2n) is 10.2. The fourth-order valence-corrected chi connectivity index (χ4v) is 5.71. The van der Waals surface area contributed by atoms with Crippen LogP contribution in [-0.2, 0) is 13.0 Å². The minimum atomic E-state index is -0.329. The van der Waals surface area contributed by atoms with Gasteiger partial charge in [0.25, 0.3) is 17.4 Å². The number of rotatable bonds is 8. The Labute approximate surface area is 252 Å². The first-order valence-corrected chi connectivity index (χ1v) is 14.7. The molecule has 1 amide bonds. The van der Waals surface area contributed by atoms with Gasteiger partial charge >= 0.3 is 0 Å². The molecule has 1 aliphatic heterocycles. The number of carbonyl (C=O) groups excluding carboxylic acids is 2. The van der Waals surface area contributed by atoms with E-state index >= 15 is 0 Å². The Balaban J connectivity index is 1.49. The molecule has 0 radical (unpaired) electrons. The summed E-state index contributed by atoms with van der Waals surface area (Å²) in [6, 6.07) is 11.4. The van der Waals surface area contributed by atoms with Gasteiger partial charge in [0, 0.05) is 95.8 Å². The van der Waals surface area contributed by atoms with E-state index in [0.717, 1.165) is 67.2 Å². The molecule has 3 aromatic heterocycles. The lowest BCUT2D eigenvalue weighted by molar-refractivity contribution is 0.0948. The van der Waals surface area contributed by atoms with Crippen LogP contribution in [0, 0.1) is 6.92 Å². The van der Waals surface area contributed by atoms with Crippen LogP contribution in [0.4, 0.5) is 5.82 Å². The van der Waals surface area contributed by atoms with Crippen LogP contribution in [-0.4, -0.2) is 55.6 Å². The summed E-state index contributed by atoms with van der Waals surface area (Å²) in [5.74, 6) is 0.291. The van der Waals surface area contributed by atoms with Crippen LogP contribution < -0.4 is 15.8 Å². The number of fused-ring (bicyclic) bond motifs is 1. The topological polar surface area (TPSA) is 103 Å². The summed E-state index contributed by atoms with van der Waals surface area (Å²) < 4.78 is 3.75. The molecule has 212 valence electrons. The molecule has 0 aliphatic carbocycles. The van der Waals surface area contributed by atoms with Gasteiger partial charge in [-0.3, -0.25) is 19.0 Å². The summed E-state index contributed by atoms with van der Waals surface area (Å²) in [4.78, 5) is 48.8. The molecule has 10 heteroatoms. The van der Waals surface area contributed by atoms with Crippen molar-refractivity contribution in [1.29, 1.82) is 0 Å². The maximum absolute atomic E-state index is 13.6. The van der Waals surface area contributed by atoms with E-state index in [0.29, 0.717) is 22.0 Å². The lowest BCUT2D eigenvalue weighted by atomic mass is 10.00. The first-order valence-electron chi connectivity index (χ1n) is 13.7. The van der Waals surface area contributed by atoms with Crippen molar-refractivity contribution in [3.63, 3.8) is 0 Å². The highest BCUT2D eigenvalue weighted by atomic mass is 127. The van der Waals surface area contributed by atoms with Gasteiger partial charge in [-0.2, -0.15) is 0 Å². The van der Waals surface area contributed by atoms with Gasteiger partial charge in [-0.1, -0.05) is 19.9 Å².